The van der Waals surface area contributed by atoms with Crippen LogP contribution in [0, 0.1) is 0 Å². The van der Waals surface area contributed by atoms with Crippen molar-refractivity contribution in [3.63, 3.8) is 0 Å². The number of hydrogen-bond acceptors (Lipinski definition) is 3. The monoisotopic (exact) mass is 394 g/mol. The molecule has 0 aliphatic heterocycles. The van der Waals surface area contributed by atoms with Crippen LogP contribution in [0.25, 0.3) is 0 Å². The summed E-state index contributed by atoms with van der Waals surface area (Å²) in [5.41, 5.74) is 6.00. The largest absolute Gasteiger partial charge is 0.398 e. The maximum atomic E-state index is 12.3. The summed E-state index contributed by atoms with van der Waals surface area (Å²) in [6.45, 7) is 0. The van der Waals surface area contributed by atoms with Gasteiger partial charge in [-0.05, 0) is 40.2 Å². The highest BCUT2D eigenvalue weighted by molar-refractivity contribution is 9.10. The van der Waals surface area contributed by atoms with Crippen molar-refractivity contribution in [2.75, 3.05) is 10.5 Å². The number of nitrogens with one attached hydrogen (secondary N) is 1. The standard InChI is InChI=1S/C12H9BrCl2N2O2S/c13-7-5-6-9(12(15)11(7)14)17-20(18,19)10-4-2-1-3-8(10)16/h1-6,17H,16H2. The molecule has 0 atom stereocenters. The van der Waals surface area contributed by atoms with Crippen molar-refractivity contribution in [3.05, 3.63) is 50.9 Å². The maximum absolute atomic E-state index is 12.3. The van der Waals surface area contributed by atoms with Gasteiger partial charge in [0.05, 0.1) is 21.4 Å². The summed E-state index contributed by atoms with van der Waals surface area (Å²) in [4.78, 5) is -0.0184. The number of benzene rings is 2. The topological polar surface area (TPSA) is 72.2 Å². The van der Waals surface area contributed by atoms with Gasteiger partial charge in [-0.15, -0.1) is 0 Å². The summed E-state index contributed by atoms with van der Waals surface area (Å²) in [5, 5.41) is 0.340. The highest BCUT2D eigenvalue weighted by Gasteiger charge is 2.19. The number of halogens is 3. The molecule has 0 spiro atoms. The quantitative estimate of drug-likeness (QED) is 0.605. The molecule has 3 N–H and O–H groups in total. The lowest BCUT2D eigenvalue weighted by Gasteiger charge is -2.12. The first-order valence-electron chi connectivity index (χ1n) is 5.34. The summed E-state index contributed by atoms with van der Waals surface area (Å²) in [6, 6.07) is 9.26. The fourth-order valence-electron chi connectivity index (χ4n) is 1.53. The molecule has 2 rings (SSSR count). The predicted molar refractivity (Wildman–Crippen MR) is 85.8 cm³/mol. The minimum Gasteiger partial charge on any atom is -0.398 e. The lowest BCUT2D eigenvalue weighted by molar-refractivity contribution is 0.601. The second kappa shape index (κ2) is 5.81. The molecule has 0 bridgehead atoms. The van der Waals surface area contributed by atoms with Crippen LogP contribution in [0.2, 0.25) is 10.0 Å². The van der Waals surface area contributed by atoms with Crippen molar-refractivity contribution >= 4 is 60.5 Å². The Bertz CT molecular complexity index is 766. The van der Waals surface area contributed by atoms with Gasteiger partial charge in [0.25, 0.3) is 10.0 Å². The van der Waals surface area contributed by atoms with Crippen molar-refractivity contribution < 1.29 is 8.42 Å². The number of sulfonamides is 1. The number of para-hydroxylation sites is 1. The van der Waals surface area contributed by atoms with E-state index in [0.717, 1.165) is 0 Å². The summed E-state index contributed by atoms with van der Waals surface area (Å²) < 4.78 is 27.5. The van der Waals surface area contributed by atoms with Crippen molar-refractivity contribution in [1.82, 2.24) is 0 Å². The number of nitrogens with two attached hydrogens (primary N) is 1. The van der Waals surface area contributed by atoms with E-state index in [1.807, 2.05) is 0 Å². The smallest absolute Gasteiger partial charge is 0.263 e. The van der Waals surface area contributed by atoms with Crippen LogP contribution in [0.15, 0.2) is 45.8 Å². The average Bonchev–Trinajstić information content (AvgIpc) is 2.40. The van der Waals surface area contributed by atoms with E-state index < -0.39 is 10.0 Å². The molecule has 2 aromatic rings. The van der Waals surface area contributed by atoms with Crippen LogP contribution in [0.1, 0.15) is 0 Å². The van der Waals surface area contributed by atoms with Crippen LogP contribution in [0.5, 0.6) is 0 Å². The van der Waals surface area contributed by atoms with E-state index in [1.165, 1.54) is 18.2 Å². The molecule has 2 aromatic carbocycles. The molecule has 0 amide bonds. The molecule has 0 saturated carbocycles. The molecule has 106 valence electrons. The molecule has 0 fully saturated rings. The third-order valence-corrected chi connectivity index (χ3v) is 5.70. The van der Waals surface area contributed by atoms with Gasteiger partial charge in [0, 0.05) is 4.47 Å². The summed E-state index contributed by atoms with van der Waals surface area (Å²) in [5.74, 6) is 0. The third kappa shape index (κ3) is 3.03. The van der Waals surface area contributed by atoms with E-state index in [2.05, 4.69) is 20.7 Å². The molecule has 4 nitrogen and oxygen atoms in total. The van der Waals surface area contributed by atoms with Gasteiger partial charge in [0.2, 0.25) is 0 Å². The molecule has 20 heavy (non-hydrogen) atoms. The normalized spacial score (nSPS) is 11.3. The van der Waals surface area contributed by atoms with E-state index in [1.54, 1.807) is 18.2 Å². The zero-order valence-corrected chi connectivity index (χ0v) is 13.8. The molecule has 8 heteroatoms. The summed E-state index contributed by atoms with van der Waals surface area (Å²) >= 11 is 15.2. The van der Waals surface area contributed by atoms with Gasteiger partial charge in [-0.25, -0.2) is 8.42 Å². The van der Waals surface area contributed by atoms with Crippen LogP contribution < -0.4 is 10.5 Å². The fraction of sp³-hybridized carbons (Fsp3) is 0. The fourth-order valence-corrected chi connectivity index (χ4v) is 3.61. The number of nitrogen functional groups attached to an aromatic ring is 1. The van der Waals surface area contributed by atoms with Crippen LogP contribution in [-0.2, 0) is 10.0 Å². The molecule has 0 radical (unpaired) electrons. The Morgan fingerprint density at radius 2 is 1.70 bits per heavy atom. The van der Waals surface area contributed by atoms with Crippen LogP contribution >= 0.6 is 39.1 Å². The Morgan fingerprint density at radius 3 is 2.35 bits per heavy atom. The first-order valence-corrected chi connectivity index (χ1v) is 8.37. The van der Waals surface area contributed by atoms with Gasteiger partial charge >= 0.3 is 0 Å². The number of anilines is 2. The van der Waals surface area contributed by atoms with Crippen molar-refractivity contribution in [2.24, 2.45) is 0 Å². The second-order valence-electron chi connectivity index (χ2n) is 3.87. The molecule has 0 aliphatic carbocycles. The Kier molecular flexibility index (Phi) is 4.49. The minimum atomic E-state index is -3.83. The molecule has 0 saturated heterocycles. The SMILES string of the molecule is Nc1ccccc1S(=O)(=O)Nc1ccc(Br)c(Cl)c1Cl. The second-order valence-corrected chi connectivity index (χ2v) is 7.13. The van der Waals surface area contributed by atoms with E-state index in [9.17, 15) is 8.42 Å². The van der Waals surface area contributed by atoms with Gasteiger partial charge in [-0.1, -0.05) is 35.3 Å². The minimum absolute atomic E-state index is 0.0184. The van der Waals surface area contributed by atoms with Crippen molar-refractivity contribution in [2.45, 2.75) is 4.90 Å². The lowest BCUT2D eigenvalue weighted by Crippen LogP contribution is -2.15. The highest BCUT2D eigenvalue weighted by Crippen LogP contribution is 2.37. The Balaban J connectivity index is 2.45. The Hall–Kier alpha value is -0.950. The lowest BCUT2D eigenvalue weighted by atomic mass is 10.3. The molecule has 0 aliphatic rings. The number of hydrogen-bond donors (Lipinski definition) is 2. The zero-order chi connectivity index (χ0) is 14.9. The van der Waals surface area contributed by atoms with E-state index >= 15 is 0 Å². The van der Waals surface area contributed by atoms with Gasteiger partial charge in [-0.2, -0.15) is 0 Å². The van der Waals surface area contributed by atoms with Crippen LogP contribution in [0.3, 0.4) is 0 Å². The number of rotatable bonds is 3. The van der Waals surface area contributed by atoms with E-state index in [0.29, 0.717) is 4.47 Å². The zero-order valence-electron chi connectivity index (χ0n) is 9.90. The molecular formula is C12H9BrCl2N2O2S. The van der Waals surface area contributed by atoms with Gasteiger partial charge in [0.15, 0.2) is 0 Å². The molecule has 0 aromatic heterocycles. The summed E-state index contributed by atoms with van der Waals surface area (Å²) in [7, 11) is -3.83. The Morgan fingerprint density at radius 1 is 1.05 bits per heavy atom. The van der Waals surface area contributed by atoms with Gasteiger partial charge in [-0.3, -0.25) is 4.72 Å². The third-order valence-electron chi connectivity index (χ3n) is 2.49. The molecular weight excluding hydrogens is 387 g/mol. The Labute approximate surface area is 135 Å². The molecule has 0 heterocycles. The first kappa shape index (κ1) is 15.4. The van der Waals surface area contributed by atoms with Crippen LogP contribution in [-0.4, -0.2) is 8.42 Å². The van der Waals surface area contributed by atoms with Crippen molar-refractivity contribution in [1.29, 1.82) is 0 Å². The highest BCUT2D eigenvalue weighted by atomic mass is 79.9. The predicted octanol–water partition coefficient (Wildman–Crippen LogP) is 4.14. The van der Waals surface area contributed by atoms with E-state index in [-0.39, 0.29) is 26.3 Å². The van der Waals surface area contributed by atoms with Gasteiger partial charge in [0.1, 0.15) is 4.90 Å². The summed E-state index contributed by atoms with van der Waals surface area (Å²) in [6.07, 6.45) is 0. The van der Waals surface area contributed by atoms with Gasteiger partial charge < -0.3 is 5.73 Å². The van der Waals surface area contributed by atoms with Crippen LogP contribution in [0.4, 0.5) is 11.4 Å². The maximum Gasteiger partial charge on any atom is 0.263 e. The molecule has 0 unspecified atom stereocenters. The van der Waals surface area contributed by atoms with E-state index in [4.69, 9.17) is 28.9 Å². The first-order chi connectivity index (χ1) is 9.33. The van der Waals surface area contributed by atoms with Crippen molar-refractivity contribution in [3.8, 4) is 0 Å². The average molecular weight is 396 g/mol.